The van der Waals surface area contributed by atoms with E-state index in [0.29, 0.717) is 13.1 Å². The lowest BCUT2D eigenvalue weighted by atomic mass is 10.2. The maximum Gasteiger partial charge on any atom is 0.280 e. The summed E-state index contributed by atoms with van der Waals surface area (Å²) in [7, 11) is -3.45. The molecule has 0 aromatic rings. The molecule has 1 unspecified atom stereocenters. The highest BCUT2D eigenvalue weighted by Gasteiger charge is 2.37. The van der Waals surface area contributed by atoms with E-state index in [1.54, 1.807) is 0 Å². The van der Waals surface area contributed by atoms with Crippen LogP contribution in [0.4, 0.5) is 0 Å². The van der Waals surface area contributed by atoms with Crippen molar-refractivity contribution in [3.63, 3.8) is 0 Å². The molecule has 1 saturated carbocycles. The van der Waals surface area contributed by atoms with E-state index in [2.05, 4.69) is 4.72 Å². The van der Waals surface area contributed by atoms with Crippen molar-refractivity contribution in [3.8, 4) is 0 Å². The third-order valence-electron chi connectivity index (χ3n) is 3.11. The molecule has 2 aliphatic rings. The van der Waals surface area contributed by atoms with Crippen molar-refractivity contribution in [1.29, 1.82) is 5.41 Å². The summed E-state index contributed by atoms with van der Waals surface area (Å²) in [6.45, 7) is 1.15. The second-order valence-electron chi connectivity index (χ2n) is 4.50. The fourth-order valence-electron chi connectivity index (χ4n) is 2.01. The molecule has 1 aliphatic carbocycles. The van der Waals surface area contributed by atoms with E-state index in [0.717, 1.165) is 25.7 Å². The smallest absolute Gasteiger partial charge is 0.280 e. The zero-order valence-corrected chi connectivity index (χ0v) is 9.96. The first-order valence-electron chi connectivity index (χ1n) is 5.62. The van der Waals surface area contributed by atoms with E-state index in [1.165, 1.54) is 4.31 Å². The van der Waals surface area contributed by atoms with Gasteiger partial charge in [0.1, 0.15) is 5.84 Å². The fraction of sp³-hybridized carbons (Fsp3) is 0.889. The predicted octanol–water partition coefficient (Wildman–Crippen LogP) is -0.369. The topological polar surface area (TPSA) is 99.3 Å². The highest BCUT2D eigenvalue weighted by atomic mass is 32.2. The van der Waals surface area contributed by atoms with Gasteiger partial charge in [-0.1, -0.05) is 0 Å². The number of hydrogen-bond donors (Lipinski definition) is 3. The first-order chi connectivity index (χ1) is 7.50. The molecule has 0 spiro atoms. The van der Waals surface area contributed by atoms with Crippen LogP contribution < -0.4 is 10.5 Å². The molecule has 4 N–H and O–H groups in total. The van der Waals surface area contributed by atoms with Gasteiger partial charge in [0.2, 0.25) is 0 Å². The van der Waals surface area contributed by atoms with Crippen molar-refractivity contribution in [2.75, 3.05) is 13.1 Å². The summed E-state index contributed by atoms with van der Waals surface area (Å²) in [6.07, 6.45) is 3.73. The molecule has 2 fully saturated rings. The van der Waals surface area contributed by atoms with E-state index in [9.17, 15) is 8.42 Å². The Labute approximate surface area is 95.9 Å². The minimum atomic E-state index is -3.45. The Kier molecular flexibility index (Phi) is 3.18. The van der Waals surface area contributed by atoms with Crippen LogP contribution in [0.1, 0.15) is 25.7 Å². The van der Waals surface area contributed by atoms with Crippen LogP contribution in [0.15, 0.2) is 0 Å². The predicted molar refractivity (Wildman–Crippen MR) is 61.3 cm³/mol. The summed E-state index contributed by atoms with van der Waals surface area (Å²) in [6, 6.07) is -0.509. The zero-order chi connectivity index (χ0) is 11.8. The van der Waals surface area contributed by atoms with Gasteiger partial charge in [0.05, 0.1) is 6.04 Å². The van der Waals surface area contributed by atoms with Gasteiger partial charge in [-0.2, -0.15) is 17.4 Å². The second kappa shape index (κ2) is 4.31. The van der Waals surface area contributed by atoms with Gasteiger partial charge in [-0.3, -0.25) is 5.41 Å². The van der Waals surface area contributed by atoms with Crippen LogP contribution in [-0.4, -0.2) is 37.7 Å². The Balaban J connectivity index is 2.03. The highest BCUT2D eigenvalue weighted by Crippen LogP contribution is 2.33. The van der Waals surface area contributed by atoms with Crippen LogP contribution >= 0.6 is 0 Å². The summed E-state index contributed by atoms with van der Waals surface area (Å²) >= 11 is 0. The lowest BCUT2D eigenvalue weighted by Gasteiger charge is -2.21. The molecule has 0 radical (unpaired) electrons. The van der Waals surface area contributed by atoms with E-state index in [1.807, 2.05) is 0 Å². The molecular formula is C9H18N4O2S. The van der Waals surface area contributed by atoms with E-state index in [-0.39, 0.29) is 11.8 Å². The van der Waals surface area contributed by atoms with E-state index >= 15 is 0 Å². The Morgan fingerprint density at radius 3 is 2.38 bits per heavy atom. The van der Waals surface area contributed by atoms with Crippen molar-refractivity contribution in [3.05, 3.63) is 0 Å². The lowest BCUT2D eigenvalue weighted by molar-refractivity contribution is 0.456. The van der Waals surface area contributed by atoms with Crippen LogP contribution in [0.3, 0.4) is 0 Å². The van der Waals surface area contributed by atoms with Crippen LogP contribution in [-0.2, 0) is 10.2 Å². The molecule has 0 amide bonds. The quantitative estimate of drug-likeness (QED) is 0.456. The van der Waals surface area contributed by atoms with Crippen molar-refractivity contribution in [2.45, 2.75) is 31.7 Å². The molecule has 1 atom stereocenters. The monoisotopic (exact) mass is 246 g/mol. The normalized spacial score (nSPS) is 24.5. The summed E-state index contributed by atoms with van der Waals surface area (Å²) in [5.74, 6) is 0.139. The first kappa shape index (κ1) is 11.8. The van der Waals surface area contributed by atoms with Crippen LogP contribution in [0.5, 0.6) is 0 Å². The van der Waals surface area contributed by atoms with Crippen molar-refractivity contribution >= 4 is 16.0 Å². The zero-order valence-electron chi connectivity index (χ0n) is 9.15. The highest BCUT2D eigenvalue weighted by molar-refractivity contribution is 7.87. The molecule has 7 heteroatoms. The molecule has 0 aromatic carbocycles. The van der Waals surface area contributed by atoms with Gasteiger partial charge in [0.15, 0.2) is 0 Å². The molecule has 2 rings (SSSR count). The minimum absolute atomic E-state index is 0.0785. The summed E-state index contributed by atoms with van der Waals surface area (Å²) in [5.41, 5.74) is 5.42. The maximum absolute atomic E-state index is 11.9. The van der Waals surface area contributed by atoms with Crippen molar-refractivity contribution < 1.29 is 8.42 Å². The number of nitrogens with two attached hydrogens (primary N) is 1. The molecule has 92 valence electrons. The fourth-order valence-corrected chi connectivity index (χ4v) is 3.53. The largest absolute Gasteiger partial charge is 0.386 e. The Morgan fingerprint density at radius 2 is 1.94 bits per heavy atom. The van der Waals surface area contributed by atoms with Gasteiger partial charge >= 0.3 is 0 Å². The van der Waals surface area contributed by atoms with E-state index < -0.39 is 16.3 Å². The van der Waals surface area contributed by atoms with Gasteiger partial charge in [-0.25, -0.2) is 0 Å². The summed E-state index contributed by atoms with van der Waals surface area (Å²) < 4.78 is 27.9. The SMILES string of the molecule is N=C(N)C(NS(=O)(=O)N1CCCC1)C1CC1. The van der Waals surface area contributed by atoms with Crippen molar-refractivity contribution in [1.82, 2.24) is 9.03 Å². The third kappa shape index (κ3) is 2.53. The maximum atomic E-state index is 11.9. The molecule has 1 saturated heterocycles. The number of rotatable bonds is 5. The Morgan fingerprint density at radius 1 is 1.38 bits per heavy atom. The lowest BCUT2D eigenvalue weighted by Crippen LogP contribution is -2.50. The van der Waals surface area contributed by atoms with Crippen LogP contribution in [0, 0.1) is 11.3 Å². The minimum Gasteiger partial charge on any atom is -0.386 e. The van der Waals surface area contributed by atoms with Crippen LogP contribution in [0.2, 0.25) is 0 Å². The van der Waals surface area contributed by atoms with Crippen LogP contribution in [0.25, 0.3) is 0 Å². The molecule has 6 nitrogen and oxygen atoms in total. The summed E-state index contributed by atoms with van der Waals surface area (Å²) in [4.78, 5) is 0. The molecule has 0 aromatic heterocycles. The van der Waals surface area contributed by atoms with Gasteiger partial charge < -0.3 is 5.73 Å². The van der Waals surface area contributed by atoms with Gasteiger partial charge in [-0.15, -0.1) is 0 Å². The van der Waals surface area contributed by atoms with Gasteiger partial charge in [0, 0.05) is 13.1 Å². The van der Waals surface area contributed by atoms with Gasteiger partial charge in [0.25, 0.3) is 10.2 Å². The number of amidine groups is 1. The van der Waals surface area contributed by atoms with E-state index in [4.69, 9.17) is 11.1 Å². The average Bonchev–Trinajstić information content (AvgIpc) is 2.87. The number of hydrogen-bond acceptors (Lipinski definition) is 3. The molecule has 1 aliphatic heterocycles. The Bertz CT molecular complexity index is 371. The molecule has 1 heterocycles. The Hall–Kier alpha value is -0.660. The molecular weight excluding hydrogens is 228 g/mol. The molecule has 0 bridgehead atoms. The standard InChI is InChI=1S/C9H18N4O2S/c10-9(11)8(7-3-4-7)12-16(14,15)13-5-1-2-6-13/h7-8,12H,1-6H2,(H3,10,11). The number of nitrogens with one attached hydrogen (secondary N) is 2. The summed E-state index contributed by atoms with van der Waals surface area (Å²) in [5, 5.41) is 7.41. The first-order valence-corrected chi connectivity index (χ1v) is 7.06. The third-order valence-corrected chi connectivity index (χ3v) is 4.71. The van der Waals surface area contributed by atoms with Crippen molar-refractivity contribution in [2.24, 2.45) is 11.7 Å². The average molecular weight is 246 g/mol. The van der Waals surface area contributed by atoms with Gasteiger partial charge in [-0.05, 0) is 31.6 Å². The molecule has 16 heavy (non-hydrogen) atoms. The second-order valence-corrected chi connectivity index (χ2v) is 6.20. The number of nitrogens with zero attached hydrogens (tertiary/aromatic N) is 1.